The van der Waals surface area contributed by atoms with Crippen LogP contribution in [-0.4, -0.2) is 34.2 Å². The van der Waals surface area contributed by atoms with E-state index in [1.807, 2.05) is 47.7 Å². The Kier molecular flexibility index (Phi) is 6.08. The van der Waals surface area contributed by atoms with E-state index < -0.39 is 0 Å². The summed E-state index contributed by atoms with van der Waals surface area (Å²) in [7, 11) is 1.95. The number of thiophene rings is 1. The Balaban J connectivity index is 1.60. The summed E-state index contributed by atoms with van der Waals surface area (Å²) in [5, 5.41) is 9.98. The van der Waals surface area contributed by atoms with Gasteiger partial charge in [-0.1, -0.05) is 29.8 Å². The zero-order valence-corrected chi connectivity index (χ0v) is 16.3. The molecule has 1 unspecified atom stereocenters. The molecule has 0 spiro atoms. The van der Waals surface area contributed by atoms with E-state index in [0.717, 1.165) is 5.56 Å². The SMILES string of the molecule is CC(c1cccs1)N(C)CC(=O)Nc1ccnn1Cc1cccc(Cl)c1. The van der Waals surface area contributed by atoms with Crippen molar-refractivity contribution in [2.24, 2.45) is 0 Å². The van der Waals surface area contributed by atoms with Crippen LogP contribution >= 0.6 is 22.9 Å². The van der Waals surface area contributed by atoms with E-state index in [4.69, 9.17) is 11.6 Å². The van der Waals surface area contributed by atoms with E-state index in [1.165, 1.54) is 4.88 Å². The number of aromatic nitrogens is 2. The third kappa shape index (κ3) is 4.72. The Morgan fingerprint density at radius 2 is 2.19 bits per heavy atom. The Morgan fingerprint density at radius 1 is 1.35 bits per heavy atom. The van der Waals surface area contributed by atoms with Crippen LogP contribution in [0.5, 0.6) is 0 Å². The van der Waals surface area contributed by atoms with E-state index >= 15 is 0 Å². The molecule has 26 heavy (non-hydrogen) atoms. The zero-order chi connectivity index (χ0) is 18.5. The number of amides is 1. The number of benzene rings is 1. The van der Waals surface area contributed by atoms with Gasteiger partial charge < -0.3 is 5.32 Å². The quantitative estimate of drug-likeness (QED) is 0.657. The van der Waals surface area contributed by atoms with Gasteiger partial charge in [0.15, 0.2) is 0 Å². The first-order valence-corrected chi connectivity index (χ1v) is 9.58. The first kappa shape index (κ1) is 18.6. The van der Waals surface area contributed by atoms with E-state index in [9.17, 15) is 4.79 Å². The minimum absolute atomic E-state index is 0.0660. The molecule has 0 radical (unpaired) electrons. The first-order valence-electron chi connectivity index (χ1n) is 8.32. The summed E-state index contributed by atoms with van der Waals surface area (Å²) in [5.74, 6) is 0.607. The van der Waals surface area contributed by atoms with Crippen LogP contribution < -0.4 is 5.32 Å². The van der Waals surface area contributed by atoms with Crippen LogP contribution in [0.3, 0.4) is 0 Å². The predicted octanol–water partition coefficient (Wildman–Crippen LogP) is 4.28. The van der Waals surface area contributed by atoms with Crippen molar-refractivity contribution >= 4 is 34.7 Å². The minimum Gasteiger partial charge on any atom is -0.310 e. The fourth-order valence-corrected chi connectivity index (χ4v) is 3.73. The molecule has 0 saturated carbocycles. The number of nitrogens with one attached hydrogen (secondary N) is 1. The van der Waals surface area contributed by atoms with Crippen LogP contribution in [0.25, 0.3) is 0 Å². The smallest absolute Gasteiger partial charge is 0.239 e. The molecule has 3 aromatic rings. The lowest BCUT2D eigenvalue weighted by Crippen LogP contribution is -2.32. The average Bonchev–Trinajstić information content (AvgIpc) is 3.27. The van der Waals surface area contributed by atoms with E-state index in [0.29, 0.717) is 23.9 Å². The van der Waals surface area contributed by atoms with Crippen molar-refractivity contribution in [1.82, 2.24) is 14.7 Å². The number of rotatable bonds is 7. The lowest BCUT2D eigenvalue weighted by molar-refractivity contribution is -0.117. The summed E-state index contributed by atoms with van der Waals surface area (Å²) in [5.41, 5.74) is 1.03. The fourth-order valence-electron chi connectivity index (χ4n) is 2.67. The summed E-state index contributed by atoms with van der Waals surface area (Å²) in [6.07, 6.45) is 1.68. The Bertz CT molecular complexity index is 862. The highest BCUT2D eigenvalue weighted by Crippen LogP contribution is 2.23. The van der Waals surface area contributed by atoms with Crippen LogP contribution in [0, 0.1) is 0 Å². The van der Waals surface area contributed by atoms with Gasteiger partial charge in [0.2, 0.25) is 5.91 Å². The largest absolute Gasteiger partial charge is 0.310 e. The second kappa shape index (κ2) is 8.49. The van der Waals surface area contributed by atoms with Crippen LogP contribution in [-0.2, 0) is 11.3 Å². The molecule has 0 bridgehead atoms. The Labute approximate surface area is 162 Å². The number of anilines is 1. The number of halogens is 1. The second-order valence-corrected chi connectivity index (χ2v) is 7.57. The van der Waals surface area contributed by atoms with Gasteiger partial charge in [-0.3, -0.25) is 9.69 Å². The van der Waals surface area contributed by atoms with Gasteiger partial charge in [-0.25, -0.2) is 4.68 Å². The Hall–Kier alpha value is -2.15. The summed E-state index contributed by atoms with van der Waals surface area (Å²) < 4.78 is 1.76. The third-order valence-electron chi connectivity index (χ3n) is 4.21. The molecular formula is C19H21ClN4OS. The normalized spacial score (nSPS) is 12.3. The average molecular weight is 389 g/mol. The molecule has 1 atom stereocenters. The van der Waals surface area contributed by atoms with Crippen molar-refractivity contribution < 1.29 is 4.79 Å². The van der Waals surface area contributed by atoms with E-state index in [-0.39, 0.29) is 11.9 Å². The lowest BCUT2D eigenvalue weighted by atomic mass is 10.2. The molecule has 7 heteroatoms. The molecule has 0 fully saturated rings. The van der Waals surface area contributed by atoms with Gasteiger partial charge in [0.05, 0.1) is 19.3 Å². The Morgan fingerprint density at radius 3 is 2.92 bits per heavy atom. The highest BCUT2D eigenvalue weighted by Gasteiger charge is 2.16. The lowest BCUT2D eigenvalue weighted by Gasteiger charge is -2.23. The highest BCUT2D eigenvalue weighted by molar-refractivity contribution is 7.10. The molecule has 1 amide bonds. The summed E-state index contributed by atoms with van der Waals surface area (Å²) in [4.78, 5) is 15.7. The zero-order valence-electron chi connectivity index (χ0n) is 14.7. The molecule has 2 aromatic heterocycles. The van der Waals surface area contributed by atoms with E-state index in [1.54, 1.807) is 28.3 Å². The summed E-state index contributed by atoms with van der Waals surface area (Å²) >= 11 is 7.73. The van der Waals surface area contributed by atoms with Crippen LogP contribution in [0.1, 0.15) is 23.4 Å². The monoisotopic (exact) mass is 388 g/mol. The topological polar surface area (TPSA) is 50.2 Å². The van der Waals surface area contributed by atoms with Crippen molar-refractivity contribution in [3.05, 3.63) is 69.5 Å². The van der Waals surface area contributed by atoms with Crippen molar-refractivity contribution in [3.63, 3.8) is 0 Å². The second-order valence-electron chi connectivity index (χ2n) is 6.16. The maximum absolute atomic E-state index is 12.4. The van der Waals surface area contributed by atoms with E-state index in [2.05, 4.69) is 23.4 Å². The molecule has 136 valence electrons. The molecule has 2 heterocycles. The summed E-state index contributed by atoms with van der Waals surface area (Å²) in [6.45, 7) is 2.95. The fraction of sp³-hybridized carbons (Fsp3) is 0.263. The van der Waals surface area contributed by atoms with Crippen molar-refractivity contribution in [2.75, 3.05) is 18.9 Å². The third-order valence-corrected chi connectivity index (χ3v) is 5.49. The van der Waals surface area contributed by atoms with Crippen molar-refractivity contribution in [1.29, 1.82) is 0 Å². The van der Waals surface area contributed by atoms with Crippen molar-refractivity contribution in [2.45, 2.75) is 19.5 Å². The molecule has 0 aliphatic rings. The molecule has 1 N–H and O–H groups in total. The van der Waals surface area contributed by atoms with Gasteiger partial charge in [0, 0.05) is 22.0 Å². The minimum atomic E-state index is -0.0660. The van der Waals surface area contributed by atoms with Gasteiger partial charge in [-0.2, -0.15) is 5.10 Å². The molecular weight excluding hydrogens is 368 g/mol. The number of likely N-dealkylation sites (N-methyl/N-ethyl adjacent to an activating group) is 1. The number of carbonyl (C=O) groups excluding carboxylic acids is 1. The van der Waals surface area contributed by atoms with Gasteiger partial charge in [-0.15, -0.1) is 11.3 Å². The van der Waals surface area contributed by atoms with Crippen LogP contribution in [0.15, 0.2) is 54.0 Å². The molecule has 5 nitrogen and oxygen atoms in total. The predicted molar refractivity (Wildman–Crippen MR) is 107 cm³/mol. The molecule has 0 aliphatic carbocycles. The van der Waals surface area contributed by atoms with Gasteiger partial charge >= 0.3 is 0 Å². The van der Waals surface area contributed by atoms with Crippen LogP contribution in [0.4, 0.5) is 5.82 Å². The molecule has 3 rings (SSSR count). The number of carbonyl (C=O) groups is 1. The molecule has 1 aromatic carbocycles. The number of nitrogens with zero attached hydrogens (tertiary/aromatic N) is 3. The van der Waals surface area contributed by atoms with Gasteiger partial charge in [0.1, 0.15) is 5.82 Å². The highest BCUT2D eigenvalue weighted by atomic mass is 35.5. The maximum atomic E-state index is 12.4. The standard InChI is InChI=1S/C19H21ClN4OS/c1-14(17-7-4-10-26-17)23(2)13-19(25)22-18-8-9-21-24(18)12-15-5-3-6-16(20)11-15/h3-11,14H,12-13H2,1-2H3,(H,22,25). The molecule has 0 saturated heterocycles. The van der Waals surface area contributed by atoms with Gasteiger partial charge in [-0.05, 0) is 43.1 Å². The van der Waals surface area contributed by atoms with Gasteiger partial charge in [0.25, 0.3) is 0 Å². The van der Waals surface area contributed by atoms with Crippen LogP contribution in [0.2, 0.25) is 5.02 Å². The molecule has 0 aliphatic heterocycles. The number of hydrogen-bond acceptors (Lipinski definition) is 4. The van der Waals surface area contributed by atoms with Crippen molar-refractivity contribution in [3.8, 4) is 0 Å². The number of hydrogen-bond donors (Lipinski definition) is 1. The maximum Gasteiger partial charge on any atom is 0.239 e. The summed E-state index contributed by atoms with van der Waals surface area (Å²) in [6, 6.07) is 13.7. The first-order chi connectivity index (χ1) is 12.5.